The van der Waals surface area contributed by atoms with Gasteiger partial charge in [0.15, 0.2) is 0 Å². The van der Waals surface area contributed by atoms with Crippen LogP contribution in [0.25, 0.3) is 0 Å². The van der Waals surface area contributed by atoms with E-state index >= 15 is 0 Å². The molecule has 1 N–H and O–H groups in total. The average Bonchev–Trinajstić information content (AvgIpc) is 2.64. The minimum absolute atomic E-state index is 0.260. The highest BCUT2D eigenvalue weighted by Crippen LogP contribution is 2.34. The van der Waals surface area contributed by atoms with Crippen molar-refractivity contribution in [3.05, 3.63) is 65.7 Å². The Morgan fingerprint density at radius 1 is 0.926 bits per heavy atom. The van der Waals surface area contributed by atoms with Crippen molar-refractivity contribution in [1.82, 2.24) is 0 Å². The van der Waals surface area contributed by atoms with E-state index in [9.17, 15) is 28.9 Å². The van der Waals surface area contributed by atoms with Crippen molar-refractivity contribution in [3.8, 4) is 12.1 Å². The fourth-order valence-corrected chi connectivity index (χ4v) is 2.81. The predicted octanol–water partition coefficient (Wildman–Crippen LogP) is 3.56. The van der Waals surface area contributed by atoms with Gasteiger partial charge in [-0.05, 0) is 48.9 Å². The highest BCUT2D eigenvalue weighted by Gasteiger charge is 2.39. The maximum atomic E-state index is 13.2. The molecule has 5 nitrogen and oxygen atoms in total. The number of carbonyl (C=O) groups excluding carboxylic acids is 2. The van der Waals surface area contributed by atoms with Gasteiger partial charge in [0, 0.05) is 11.6 Å². The molecule has 1 amide bonds. The molecule has 2 aromatic carbocycles. The zero-order valence-electron chi connectivity index (χ0n) is 14.3. The van der Waals surface area contributed by atoms with E-state index in [1.54, 1.807) is 12.1 Å². The van der Waals surface area contributed by atoms with E-state index in [2.05, 4.69) is 5.32 Å². The summed E-state index contributed by atoms with van der Waals surface area (Å²) in [6.07, 6.45) is 0. The molecule has 0 heterocycles. The van der Waals surface area contributed by atoms with E-state index in [1.807, 2.05) is 0 Å². The Morgan fingerprint density at radius 2 is 1.41 bits per heavy atom. The van der Waals surface area contributed by atoms with Gasteiger partial charge in [-0.15, -0.1) is 0 Å². The molecule has 0 fully saturated rings. The molecule has 0 saturated heterocycles. The fourth-order valence-electron chi connectivity index (χ4n) is 2.81. The second-order valence-corrected chi connectivity index (χ2v) is 5.90. The Hall–Kier alpha value is -3.58. The number of hydrogen-bond donors (Lipinski definition) is 1. The van der Waals surface area contributed by atoms with E-state index in [0.29, 0.717) is 5.56 Å². The van der Waals surface area contributed by atoms with Gasteiger partial charge in [0.1, 0.15) is 29.3 Å². The van der Waals surface area contributed by atoms with E-state index in [1.165, 1.54) is 31.2 Å². The minimum Gasteiger partial charge on any atom is -0.325 e. The van der Waals surface area contributed by atoms with E-state index in [4.69, 9.17) is 0 Å². The highest BCUT2D eigenvalue weighted by molar-refractivity contribution is 6.07. The number of nitrogens with one attached hydrogen (secondary N) is 1. The molecular formula is C20H15F2N3O2. The summed E-state index contributed by atoms with van der Waals surface area (Å²) in [6.45, 7) is 1.18. The molecule has 2 atom stereocenters. The van der Waals surface area contributed by atoms with Crippen LogP contribution in [0.2, 0.25) is 0 Å². The zero-order valence-corrected chi connectivity index (χ0v) is 14.3. The summed E-state index contributed by atoms with van der Waals surface area (Å²) in [7, 11) is 0. The van der Waals surface area contributed by atoms with Crippen LogP contribution >= 0.6 is 0 Å². The number of rotatable bonds is 6. The molecule has 0 aromatic heterocycles. The van der Waals surface area contributed by atoms with Gasteiger partial charge < -0.3 is 5.32 Å². The predicted molar refractivity (Wildman–Crippen MR) is 93.1 cm³/mol. The van der Waals surface area contributed by atoms with Gasteiger partial charge in [-0.25, -0.2) is 8.78 Å². The van der Waals surface area contributed by atoms with Gasteiger partial charge in [0.05, 0.1) is 12.1 Å². The van der Waals surface area contributed by atoms with Gasteiger partial charge in [0.25, 0.3) is 0 Å². The van der Waals surface area contributed by atoms with Crippen LogP contribution in [0.4, 0.5) is 14.5 Å². The van der Waals surface area contributed by atoms with Crippen molar-refractivity contribution < 1.29 is 18.4 Å². The van der Waals surface area contributed by atoms with Gasteiger partial charge in [-0.3, -0.25) is 9.59 Å². The summed E-state index contributed by atoms with van der Waals surface area (Å²) < 4.78 is 26.3. The van der Waals surface area contributed by atoms with E-state index in [0.717, 1.165) is 24.3 Å². The van der Waals surface area contributed by atoms with Crippen LogP contribution in [0, 0.1) is 46.1 Å². The Kier molecular flexibility index (Phi) is 6.35. The molecule has 2 rings (SSSR count). The van der Waals surface area contributed by atoms with E-state index in [-0.39, 0.29) is 5.69 Å². The normalized spacial score (nSPS) is 12.5. The number of halogens is 2. The summed E-state index contributed by atoms with van der Waals surface area (Å²) in [5.74, 6) is -6.06. The first-order chi connectivity index (χ1) is 12.9. The molecule has 2 unspecified atom stereocenters. The maximum absolute atomic E-state index is 13.2. The van der Waals surface area contributed by atoms with Gasteiger partial charge in [-0.1, -0.05) is 12.1 Å². The smallest absolute Gasteiger partial charge is 0.235 e. The summed E-state index contributed by atoms with van der Waals surface area (Å²) in [5.41, 5.74) is 0.579. The molecule has 0 radical (unpaired) electrons. The Morgan fingerprint density at radius 3 is 1.85 bits per heavy atom. The molecule has 2 aromatic rings. The van der Waals surface area contributed by atoms with Crippen molar-refractivity contribution in [1.29, 1.82) is 10.5 Å². The van der Waals surface area contributed by atoms with Crippen molar-refractivity contribution in [2.75, 3.05) is 5.32 Å². The fraction of sp³-hybridized carbons (Fsp3) is 0.200. The molecule has 136 valence electrons. The number of hydrogen-bond acceptors (Lipinski definition) is 4. The number of Topliss-reactive ketones (excluding diaryl/α,β-unsaturated/α-hetero) is 1. The molecule has 27 heavy (non-hydrogen) atoms. The van der Waals surface area contributed by atoms with Crippen LogP contribution < -0.4 is 5.32 Å². The Balaban J connectivity index is 2.44. The Bertz CT molecular complexity index is 898. The van der Waals surface area contributed by atoms with Crippen LogP contribution in [-0.2, 0) is 9.59 Å². The molecule has 0 aliphatic heterocycles. The summed E-state index contributed by atoms with van der Waals surface area (Å²) in [4.78, 5) is 25.0. The number of benzene rings is 2. The molecular weight excluding hydrogens is 352 g/mol. The average molecular weight is 367 g/mol. The van der Waals surface area contributed by atoms with Crippen molar-refractivity contribution in [3.63, 3.8) is 0 Å². The first-order valence-corrected chi connectivity index (χ1v) is 7.99. The Labute approximate surface area is 154 Å². The van der Waals surface area contributed by atoms with Gasteiger partial charge >= 0.3 is 0 Å². The van der Waals surface area contributed by atoms with Crippen LogP contribution in [0.15, 0.2) is 48.5 Å². The lowest BCUT2D eigenvalue weighted by Crippen LogP contribution is -2.36. The van der Waals surface area contributed by atoms with E-state index < -0.39 is 41.1 Å². The summed E-state index contributed by atoms with van der Waals surface area (Å²) in [5, 5.41) is 21.1. The lowest BCUT2D eigenvalue weighted by molar-refractivity contribution is -0.131. The lowest BCUT2D eigenvalue weighted by atomic mass is 9.75. The van der Waals surface area contributed by atoms with Crippen LogP contribution in [0.5, 0.6) is 0 Å². The standard InChI is InChI=1S/C20H15F2N3O2/c1-12(26)18(20(27)25-17-8-6-16(22)7-9-17)19(14(10-23)11-24)13-2-4-15(21)5-3-13/h2-9,14,18-19H,1H3,(H,25,27). The van der Waals surface area contributed by atoms with Gasteiger partial charge in [0.2, 0.25) is 5.91 Å². The van der Waals surface area contributed by atoms with Gasteiger partial charge in [-0.2, -0.15) is 10.5 Å². The molecule has 0 aliphatic rings. The topological polar surface area (TPSA) is 93.8 Å². The molecule has 0 aliphatic carbocycles. The zero-order chi connectivity index (χ0) is 20.0. The maximum Gasteiger partial charge on any atom is 0.235 e. The number of anilines is 1. The number of nitrogens with zero attached hydrogens (tertiary/aromatic N) is 2. The van der Waals surface area contributed by atoms with Crippen molar-refractivity contribution in [2.45, 2.75) is 12.8 Å². The molecule has 0 spiro atoms. The second kappa shape index (κ2) is 8.68. The molecule has 0 bridgehead atoms. The van der Waals surface area contributed by atoms with Crippen LogP contribution in [-0.4, -0.2) is 11.7 Å². The number of nitriles is 2. The highest BCUT2D eigenvalue weighted by atomic mass is 19.1. The number of amides is 1. The first-order valence-electron chi connectivity index (χ1n) is 7.99. The van der Waals surface area contributed by atoms with Crippen LogP contribution in [0.1, 0.15) is 18.4 Å². The van der Waals surface area contributed by atoms with Crippen molar-refractivity contribution in [2.24, 2.45) is 11.8 Å². The van der Waals surface area contributed by atoms with Crippen LogP contribution in [0.3, 0.4) is 0 Å². The molecule has 0 saturated carbocycles. The third-order valence-electron chi connectivity index (χ3n) is 4.08. The lowest BCUT2D eigenvalue weighted by Gasteiger charge is -2.25. The third-order valence-corrected chi connectivity index (χ3v) is 4.08. The van der Waals surface area contributed by atoms with Crippen molar-refractivity contribution >= 4 is 17.4 Å². The quantitative estimate of drug-likeness (QED) is 0.790. The second-order valence-electron chi connectivity index (χ2n) is 5.90. The SMILES string of the molecule is CC(=O)C(C(=O)Nc1ccc(F)cc1)C(c1ccc(F)cc1)C(C#N)C#N. The third kappa shape index (κ3) is 4.74. The monoisotopic (exact) mass is 367 g/mol. The summed E-state index contributed by atoms with van der Waals surface area (Å²) >= 11 is 0. The first kappa shape index (κ1) is 19.7. The largest absolute Gasteiger partial charge is 0.325 e. The molecule has 7 heteroatoms. The number of ketones is 1. The summed E-state index contributed by atoms with van der Waals surface area (Å²) in [6, 6.07) is 13.4. The minimum atomic E-state index is -1.36. The number of carbonyl (C=O) groups is 2.